The summed E-state index contributed by atoms with van der Waals surface area (Å²) >= 11 is 0. The van der Waals surface area contributed by atoms with E-state index in [4.69, 9.17) is 37.2 Å². The van der Waals surface area contributed by atoms with E-state index in [1.54, 1.807) is 76.1 Å². The fraction of sp³-hybridized carbons (Fsp3) is 0.348. The number of carbonyl (C=O) groups excluding carboxylic acids is 5. The predicted molar refractivity (Wildman–Crippen MR) is 467 cm³/mol. The SMILES string of the molecule is C[C@@H](O)c1nnc(C2CC2NC(=O)c2cc(-c3ccccc3)on2)o1.O=C(NC1CCC(n2cc(CO)nn2)CC1)c1cc(-c2ccccc2)on1.O=C(NC1CCC(n2nncc2CO)C1)c1cc(-c2ccccc2)on1.O=C(NC1CCCC(n2cc(CO)nn2)C1)c1cc(-c2ccccc2)on1.O=C(NC1CCCC(n2nncc2CO)C1)c1cc(-c2ccccc2)on1. The maximum Gasteiger partial charge on any atom is 0.273 e. The molecule has 10 N–H and O–H groups in total. The van der Waals surface area contributed by atoms with E-state index < -0.39 is 6.10 Å². The number of aliphatic hydroxyl groups is 5. The van der Waals surface area contributed by atoms with Crippen LogP contribution in [0.15, 0.2) is 234 Å². The van der Waals surface area contributed by atoms with Crippen LogP contribution in [0.25, 0.3) is 56.6 Å². The first-order chi connectivity index (χ1) is 64.5. The normalized spacial score (nSPS) is 19.8. The molecule has 0 spiro atoms. The molecule has 132 heavy (non-hydrogen) atoms. The predicted octanol–water partition coefficient (Wildman–Crippen LogP) is 11.0. The Balaban J connectivity index is 0.000000120. The number of aliphatic hydroxyl groups excluding tert-OH is 5. The van der Waals surface area contributed by atoms with E-state index in [-0.39, 0.29) is 145 Å². The van der Waals surface area contributed by atoms with Crippen molar-refractivity contribution in [3.63, 3.8) is 0 Å². The van der Waals surface area contributed by atoms with Gasteiger partial charge in [0.05, 0.1) is 92.7 Å². The fourth-order valence-electron chi connectivity index (χ4n) is 16.4. The number of nitrogens with zero attached hydrogens (tertiary/aromatic N) is 19. The molecule has 8 unspecified atom stereocenters. The van der Waals surface area contributed by atoms with Crippen LogP contribution in [0.1, 0.15) is 233 Å². The van der Waals surface area contributed by atoms with Crippen molar-refractivity contribution in [2.24, 2.45) is 0 Å². The van der Waals surface area contributed by atoms with Crippen LogP contribution in [-0.2, 0) is 26.4 Å². The highest BCUT2D eigenvalue weighted by atomic mass is 16.5. The molecule has 0 radical (unpaired) electrons. The monoisotopic (exact) mass is 1790 g/mol. The number of hydrogen-bond acceptors (Lipinski definition) is 31. The Hall–Kier alpha value is -15.0. The summed E-state index contributed by atoms with van der Waals surface area (Å²) in [7, 11) is 0. The van der Waals surface area contributed by atoms with E-state index >= 15 is 0 Å². The summed E-state index contributed by atoms with van der Waals surface area (Å²) in [5, 5.41) is 120. The maximum atomic E-state index is 12.6. The Morgan fingerprint density at radius 2 is 0.705 bits per heavy atom. The first-order valence-corrected chi connectivity index (χ1v) is 43.7. The number of rotatable bonds is 25. The number of aromatic nitrogens is 19. The van der Waals surface area contributed by atoms with Crippen LogP contribution in [0.5, 0.6) is 0 Å². The Morgan fingerprint density at radius 3 is 1.07 bits per heavy atom. The van der Waals surface area contributed by atoms with Crippen molar-refractivity contribution in [1.82, 2.24) is 123 Å². The summed E-state index contributed by atoms with van der Waals surface area (Å²) in [6.07, 6.45) is 19.7. The lowest BCUT2D eigenvalue weighted by Crippen LogP contribution is -2.39. The highest BCUT2D eigenvalue weighted by Gasteiger charge is 2.45. The molecule has 5 aromatic carbocycles. The van der Waals surface area contributed by atoms with Crippen LogP contribution < -0.4 is 26.6 Å². The zero-order chi connectivity index (χ0) is 91.2. The van der Waals surface area contributed by atoms with Crippen molar-refractivity contribution >= 4 is 29.5 Å². The molecule has 10 heterocycles. The van der Waals surface area contributed by atoms with E-state index in [0.717, 1.165) is 124 Å². The second-order valence-electron chi connectivity index (χ2n) is 32.7. The highest BCUT2D eigenvalue weighted by molar-refractivity contribution is 5.96. The van der Waals surface area contributed by atoms with E-state index in [0.29, 0.717) is 69.6 Å². The quantitative estimate of drug-likeness (QED) is 0.0254. The topological polar surface area (TPSA) is 539 Å². The van der Waals surface area contributed by atoms with Gasteiger partial charge in [-0.2, -0.15) is 0 Å². The Labute approximate surface area is 753 Å². The molecule has 5 aliphatic carbocycles. The van der Waals surface area contributed by atoms with Gasteiger partial charge in [-0.15, -0.1) is 30.6 Å². The molecule has 40 nitrogen and oxygen atoms in total. The molecule has 5 aliphatic rings. The number of nitrogens with one attached hydrogen (secondary N) is 5. The third-order valence-corrected chi connectivity index (χ3v) is 23.5. The van der Waals surface area contributed by atoms with E-state index in [1.165, 1.54) is 0 Å². The van der Waals surface area contributed by atoms with Gasteiger partial charge in [-0.1, -0.05) is 198 Å². The van der Waals surface area contributed by atoms with Gasteiger partial charge in [0.2, 0.25) is 11.8 Å². The van der Waals surface area contributed by atoms with Crippen molar-refractivity contribution in [3.05, 3.63) is 270 Å². The molecule has 5 fully saturated rings. The van der Waals surface area contributed by atoms with Crippen LogP contribution in [0, 0.1) is 0 Å². The third-order valence-electron chi connectivity index (χ3n) is 23.5. The van der Waals surface area contributed by atoms with Gasteiger partial charge in [0.1, 0.15) is 17.5 Å². The minimum absolute atomic E-state index is 0.0175. The molecular formula is C92H98N24O16. The number of hydrogen-bond donors (Lipinski definition) is 10. The molecular weight excluding hydrogens is 1700 g/mol. The first-order valence-electron chi connectivity index (χ1n) is 43.7. The van der Waals surface area contributed by atoms with Crippen molar-refractivity contribution in [2.75, 3.05) is 0 Å². The first kappa shape index (κ1) is 90.4. The molecule has 5 saturated carbocycles. The molecule has 0 bridgehead atoms. The van der Waals surface area contributed by atoms with Crippen LogP contribution in [0.3, 0.4) is 0 Å². The minimum atomic E-state index is -0.806. The van der Waals surface area contributed by atoms with Crippen LogP contribution in [0.2, 0.25) is 0 Å². The number of benzene rings is 5. The molecule has 9 atom stereocenters. The molecule has 5 amide bonds. The molecule has 40 heteroatoms. The summed E-state index contributed by atoms with van der Waals surface area (Å²) in [5.74, 6) is 2.13. The van der Waals surface area contributed by atoms with Crippen molar-refractivity contribution in [1.29, 1.82) is 0 Å². The largest absolute Gasteiger partial charge is 0.422 e. The summed E-state index contributed by atoms with van der Waals surface area (Å²) in [5.41, 5.74) is 8.22. The average molecular weight is 1800 g/mol. The number of carbonyl (C=O) groups is 5. The lowest BCUT2D eigenvalue weighted by molar-refractivity contribution is 0.0900. The molecule has 15 aromatic rings. The minimum Gasteiger partial charge on any atom is -0.422 e. The summed E-state index contributed by atoms with van der Waals surface area (Å²) in [6.45, 7) is 1.14. The summed E-state index contributed by atoms with van der Waals surface area (Å²) in [4.78, 5) is 62.3. The Bertz CT molecular complexity index is 6220. The summed E-state index contributed by atoms with van der Waals surface area (Å²) in [6, 6.07) is 56.7. The Kier molecular flexibility index (Phi) is 29.7. The van der Waals surface area contributed by atoms with Gasteiger partial charge in [-0.05, 0) is 110 Å². The second kappa shape index (κ2) is 43.4. The number of amides is 5. The van der Waals surface area contributed by atoms with Gasteiger partial charge >= 0.3 is 0 Å². The van der Waals surface area contributed by atoms with Crippen molar-refractivity contribution in [3.8, 4) is 56.6 Å². The van der Waals surface area contributed by atoms with Crippen molar-refractivity contribution < 1.29 is 76.5 Å². The van der Waals surface area contributed by atoms with Gasteiger partial charge in [-0.3, -0.25) is 24.0 Å². The van der Waals surface area contributed by atoms with Gasteiger partial charge in [-0.25, -0.2) is 18.7 Å². The molecule has 0 aliphatic heterocycles. The van der Waals surface area contributed by atoms with Gasteiger partial charge in [0, 0.05) is 88.4 Å². The van der Waals surface area contributed by atoms with Crippen molar-refractivity contribution in [2.45, 2.75) is 202 Å². The smallest absolute Gasteiger partial charge is 0.273 e. The average Bonchev–Trinajstić information content (AvgIpc) is 1.63. The maximum absolute atomic E-state index is 12.6. The third kappa shape index (κ3) is 23.2. The fourth-order valence-corrected chi connectivity index (χ4v) is 16.4. The zero-order valence-electron chi connectivity index (χ0n) is 71.8. The standard InChI is InChI=1S/3C19H21N5O3.C18H19N5O3.C17H16N4O4/c25-12-15-11-24(23-21-15)16-8-4-7-14(9-16)20-19(26)17-10-18(27-22-17)13-5-2-1-3-6-13;25-12-16-11-20-23-24(16)15-8-4-7-14(9-15)21-19(26)17-10-18(27-22-17)13-5-2-1-3-6-13;25-12-15-11-24(23-21-15)16-8-6-14(7-9-16)20-19(26)17-10-18(27-22-17)13-4-2-1-3-5-13;24-11-15-10-19-22-23(15)14-7-6-13(8-14)20-18(25)16-9-17(26-21-16)12-4-2-1-3-5-12;1-9(22)16-19-20-17(24-16)11-7-12(11)18-15(23)13-8-14(25-21-13)10-5-3-2-4-6-10/h1-3,5-6,10-11,14,16,25H,4,7-9,12H2,(H,20,26);1-3,5-6,10-11,14-15,25H,4,7-9,12H2,(H,21,26);1-5,10-11,14,16,25H,6-9,12H2,(H,20,26);1-5,9-10,13-14,24H,6-8,11H2,(H,20,25);2-6,8-9,11-12,22H,7H2,1H3,(H,18,23)/t;;;;9-,11?,12?/m....1/s1. The van der Waals surface area contributed by atoms with E-state index in [9.17, 15) is 39.3 Å². The zero-order valence-corrected chi connectivity index (χ0v) is 71.8. The van der Waals surface area contributed by atoms with E-state index in [1.807, 2.05) is 156 Å². The Morgan fingerprint density at radius 1 is 0.371 bits per heavy atom. The lowest BCUT2D eigenvalue weighted by Gasteiger charge is -2.30. The van der Waals surface area contributed by atoms with E-state index in [2.05, 4.69) is 104 Å². The van der Waals surface area contributed by atoms with Crippen LogP contribution in [0.4, 0.5) is 0 Å². The van der Waals surface area contributed by atoms with Gasteiger partial charge in [0.15, 0.2) is 57.3 Å². The van der Waals surface area contributed by atoms with Gasteiger partial charge < -0.3 is 79.1 Å². The second-order valence-corrected chi connectivity index (χ2v) is 32.7. The molecule has 20 rings (SSSR count). The molecule has 10 aromatic heterocycles. The lowest BCUT2D eigenvalue weighted by atomic mass is 9.91. The van der Waals surface area contributed by atoms with Gasteiger partial charge in [0.25, 0.3) is 29.5 Å². The molecule has 682 valence electrons. The van der Waals surface area contributed by atoms with Crippen LogP contribution in [-0.4, -0.2) is 181 Å². The highest BCUT2D eigenvalue weighted by Crippen LogP contribution is 2.41. The molecule has 0 saturated heterocycles. The summed E-state index contributed by atoms with van der Waals surface area (Å²) < 4.78 is 38.9. The van der Waals surface area contributed by atoms with Crippen LogP contribution >= 0.6 is 0 Å².